The Morgan fingerprint density at radius 2 is 1.11 bits per heavy atom. The summed E-state index contributed by atoms with van der Waals surface area (Å²) in [7, 11) is 1.71. The maximum Gasteiger partial charge on any atom is 0.147 e. The first-order valence-corrected chi connectivity index (χ1v) is 12.6. The fourth-order valence-corrected chi connectivity index (χ4v) is 5.18. The van der Waals surface area contributed by atoms with Crippen molar-refractivity contribution >= 4 is 22.1 Å². The highest BCUT2D eigenvalue weighted by Gasteiger charge is 2.22. The van der Waals surface area contributed by atoms with E-state index < -0.39 is 11.6 Å². The molecule has 0 spiro atoms. The molecule has 6 aromatic carbocycles. The Hall–Kier alpha value is -4.76. The highest BCUT2D eigenvalue weighted by atomic mass is 19.1. The third-order valence-electron chi connectivity index (χ3n) is 7.04. The molecular formula is C35H25F2N. The zero-order valence-corrected chi connectivity index (χ0v) is 20.9. The lowest BCUT2D eigenvalue weighted by atomic mass is 9.90. The van der Waals surface area contributed by atoms with Crippen LogP contribution in [0.25, 0.3) is 44.2 Å². The first kappa shape index (κ1) is 23.6. The lowest BCUT2D eigenvalue weighted by Crippen LogP contribution is -2.14. The molecule has 3 heteroatoms. The van der Waals surface area contributed by atoms with E-state index in [1.807, 2.05) is 54.6 Å². The number of anilines is 2. The SMILES string of the molecule is CN(c1ccccc1F)c1c(F)ccc(-c2ccccc2)c1-c1ccc(-c2cccc3ccccc23)cc1. The summed E-state index contributed by atoms with van der Waals surface area (Å²) in [4.78, 5) is 1.60. The Balaban J connectivity index is 1.55. The topological polar surface area (TPSA) is 3.24 Å². The second-order valence-corrected chi connectivity index (χ2v) is 9.30. The molecule has 0 amide bonds. The van der Waals surface area contributed by atoms with Crippen LogP contribution in [-0.2, 0) is 0 Å². The molecule has 6 aromatic rings. The molecule has 0 saturated carbocycles. The summed E-state index contributed by atoms with van der Waals surface area (Å²) in [5.41, 5.74) is 6.26. The minimum atomic E-state index is -0.413. The molecule has 0 aliphatic carbocycles. The number of benzene rings is 6. The number of rotatable bonds is 5. The molecule has 0 bridgehead atoms. The molecule has 0 atom stereocenters. The summed E-state index contributed by atoms with van der Waals surface area (Å²) in [6.45, 7) is 0. The molecule has 0 saturated heterocycles. The molecule has 1 nitrogen and oxygen atoms in total. The fourth-order valence-electron chi connectivity index (χ4n) is 5.18. The van der Waals surface area contributed by atoms with E-state index >= 15 is 4.39 Å². The average Bonchev–Trinajstić information content (AvgIpc) is 2.97. The van der Waals surface area contributed by atoms with Gasteiger partial charge in [0.1, 0.15) is 11.6 Å². The van der Waals surface area contributed by atoms with Gasteiger partial charge in [-0.1, -0.05) is 115 Å². The van der Waals surface area contributed by atoms with Crippen molar-refractivity contribution < 1.29 is 8.78 Å². The maximum atomic E-state index is 15.7. The van der Waals surface area contributed by atoms with Crippen LogP contribution in [0.3, 0.4) is 0 Å². The summed E-state index contributed by atoms with van der Waals surface area (Å²) in [5, 5.41) is 2.36. The molecule has 0 aliphatic rings. The molecule has 0 N–H and O–H groups in total. The second kappa shape index (κ2) is 9.95. The van der Waals surface area contributed by atoms with E-state index in [2.05, 4.69) is 42.5 Å². The van der Waals surface area contributed by atoms with Gasteiger partial charge in [-0.3, -0.25) is 0 Å². The van der Waals surface area contributed by atoms with Gasteiger partial charge in [0.05, 0.1) is 11.4 Å². The van der Waals surface area contributed by atoms with Crippen LogP contribution in [0.2, 0.25) is 0 Å². The standard InChI is InChI=1S/C35H25F2N/c1-38(33-17-8-7-16-31(33)36)35-32(37)23-22-30(25-10-3-2-4-11-25)34(35)27-20-18-26(19-21-27)29-15-9-13-24-12-5-6-14-28(24)29/h2-23H,1H3. The van der Waals surface area contributed by atoms with Crippen LogP contribution >= 0.6 is 0 Å². The van der Waals surface area contributed by atoms with Crippen LogP contribution < -0.4 is 4.90 Å². The average molecular weight is 498 g/mol. The van der Waals surface area contributed by atoms with E-state index in [1.165, 1.54) is 22.9 Å². The lowest BCUT2D eigenvalue weighted by Gasteiger charge is -2.26. The smallest absolute Gasteiger partial charge is 0.147 e. The first-order chi connectivity index (χ1) is 18.6. The van der Waals surface area contributed by atoms with Gasteiger partial charge in [-0.2, -0.15) is 0 Å². The highest BCUT2D eigenvalue weighted by molar-refractivity contribution is 5.98. The predicted octanol–water partition coefficient (Wildman–Crippen LogP) is 9.89. The van der Waals surface area contributed by atoms with E-state index in [1.54, 1.807) is 36.2 Å². The molecule has 0 heterocycles. The Bertz CT molecular complexity index is 1740. The van der Waals surface area contributed by atoms with Gasteiger partial charge in [0, 0.05) is 12.6 Å². The Morgan fingerprint density at radius 1 is 0.474 bits per heavy atom. The largest absolute Gasteiger partial charge is 0.339 e. The molecule has 0 aliphatic heterocycles. The molecule has 0 radical (unpaired) electrons. The van der Waals surface area contributed by atoms with Crippen LogP contribution in [0.5, 0.6) is 0 Å². The molecular weight excluding hydrogens is 472 g/mol. The lowest BCUT2D eigenvalue weighted by molar-refractivity contribution is 0.618. The maximum absolute atomic E-state index is 15.7. The minimum Gasteiger partial charge on any atom is -0.339 e. The van der Waals surface area contributed by atoms with E-state index in [4.69, 9.17) is 0 Å². The van der Waals surface area contributed by atoms with Gasteiger partial charge < -0.3 is 4.90 Å². The van der Waals surface area contributed by atoms with Crippen molar-refractivity contribution in [2.75, 3.05) is 11.9 Å². The summed E-state index contributed by atoms with van der Waals surface area (Å²) in [6.07, 6.45) is 0. The van der Waals surface area contributed by atoms with Gasteiger partial charge in [0.25, 0.3) is 0 Å². The van der Waals surface area contributed by atoms with Crippen LogP contribution in [0, 0.1) is 11.6 Å². The molecule has 0 fully saturated rings. The van der Waals surface area contributed by atoms with Crippen molar-refractivity contribution in [3.63, 3.8) is 0 Å². The van der Waals surface area contributed by atoms with Crippen molar-refractivity contribution in [1.82, 2.24) is 0 Å². The zero-order valence-electron chi connectivity index (χ0n) is 20.9. The van der Waals surface area contributed by atoms with Gasteiger partial charge in [0.2, 0.25) is 0 Å². The summed E-state index contributed by atoms with van der Waals surface area (Å²) >= 11 is 0. The number of hydrogen-bond donors (Lipinski definition) is 0. The van der Waals surface area contributed by atoms with Crippen molar-refractivity contribution in [2.45, 2.75) is 0 Å². The summed E-state index contributed by atoms with van der Waals surface area (Å²) < 4.78 is 30.5. The van der Waals surface area contributed by atoms with Crippen molar-refractivity contribution in [1.29, 1.82) is 0 Å². The number of nitrogens with zero attached hydrogens (tertiary/aromatic N) is 1. The van der Waals surface area contributed by atoms with Crippen molar-refractivity contribution in [2.24, 2.45) is 0 Å². The first-order valence-electron chi connectivity index (χ1n) is 12.6. The van der Waals surface area contributed by atoms with E-state index in [0.717, 1.165) is 27.8 Å². The molecule has 0 aromatic heterocycles. The monoisotopic (exact) mass is 497 g/mol. The molecule has 38 heavy (non-hydrogen) atoms. The zero-order chi connectivity index (χ0) is 26.1. The van der Waals surface area contributed by atoms with E-state index in [9.17, 15) is 4.39 Å². The molecule has 0 unspecified atom stereocenters. The van der Waals surface area contributed by atoms with Crippen molar-refractivity contribution in [3.05, 3.63) is 145 Å². The van der Waals surface area contributed by atoms with Gasteiger partial charge in [-0.15, -0.1) is 0 Å². The Kier molecular flexibility index (Phi) is 6.19. The predicted molar refractivity (Wildman–Crippen MR) is 155 cm³/mol. The third kappa shape index (κ3) is 4.22. The quantitative estimate of drug-likeness (QED) is 0.229. The second-order valence-electron chi connectivity index (χ2n) is 9.30. The van der Waals surface area contributed by atoms with Crippen molar-refractivity contribution in [3.8, 4) is 33.4 Å². The summed E-state index contributed by atoms with van der Waals surface area (Å²) in [5.74, 6) is -0.819. The fraction of sp³-hybridized carbons (Fsp3) is 0.0286. The Labute approximate surface area is 221 Å². The number of hydrogen-bond acceptors (Lipinski definition) is 1. The third-order valence-corrected chi connectivity index (χ3v) is 7.04. The summed E-state index contributed by atoms with van der Waals surface area (Å²) in [6, 6.07) is 42.4. The van der Waals surface area contributed by atoms with Gasteiger partial charge in [-0.05, 0) is 56.8 Å². The number of halogens is 2. The van der Waals surface area contributed by atoms with Crippen LogP contribution in [0.4, 0.5) is 20.2 Å². The highest BCUT2D eigenvalue weighted by Crippen LogP contribution is 2.44. The van der Waals surface area contributed by atoms with Gasteiger partial charge in [0.15, 0.2) is 0 Å². The Morgan fingerprint density at radius 3 is 1.89 bits per heavy atom. The normalized spacial score (nSPS) is 11.0. The number of para-hydroxylation sites is 1. The van der Waals surface area contributed by atoms with Crippen LogP contribution in [0.15, 0.2) is 133 Å². The van der Waals surface area contributed by atoms with Crippen LogP contribution in [0.1, 0.15) is 0 Å². The minimum absolute atomic E-state index is 0.310. The molecule has 184 valence electrons. The van der Waals surface area contributed by atoms with E-state index in [-0.39, 0.29) is 0 Å². The molecule has 6 rings (SSSR count). The number of fused-ring (bicyclic) bond motifs is 1. The van der Waals surface area contributed by atoms with Gasteiger partial charge in [-0.25, -0.2) is 8.78 Å². The van der Waals surface area contributed by atoms with Crippen LogP contribution in [-0.4, -0.2) is 7.05 Å². The van der Waals surface area contributed by atoms with Gasteiger partial charge >= 0.3 is 0 Å². The van der Waals surface area contributed by atoms with E-state index in [0.29, 0.717) is 16.9 Å².